The molecule has 7 nitrogen and oxygen atoms in total. The van der Waals surface area contributed by atoms with Crippen molar-refractivity contribution in [1.82, 2.24) is 14.6 Å². The highest BCUT2D eigenvalue weighted by Crippen LogP contribution is 2.31. The molecule has 0 amide bonds. The normalized spacial score (nSPS) is 15.7. The number of nitrogens with zero attached hydrogens (tertiary/aromatic N) is 3. The Morgan fingerprint density at radius 1 is 1.03 bits per heavy atom. The molecule has 1 fully saturated rings. The van der Waals surface area contributed by atoms with Crippen molar-refractivity contribution >= 4 is 38.9 Å². The highest BCUT2D eigenvalue weighted by atomic mass is 35.5. The average Bonchev–Trinajstić information content (AvgIpc) is 2.82. The molecule has 0 radical (unpaired) electrons. The summed E-state index contributed by atoms with van der Waals surface area (Å²) in [4.78, 5) is 9.09. The smallest absolute Gasteiger partial charge is 0.241 e. The molecule has 0 bridgehead atoms. The topological polar surface area (TPSA) is 74.8 Å². The van der Waals surface area contributed by atoms with Gasteiger partial charge in [0.25, 0.3) is 0 Å². The van der Waals surface area contributed by atoms with E-state index in [1.54, 1.807) is 19.2 Å². The Balaban J connectivity index is 1.52. The summed E-state index contributed by atoms with van der Waals surface area (Å²) in [6.45, 7) is 7.60. The van der Waals surface area contributed by atoms with Crippen LogP contribution in [0.15, 0.2) is 59.6 Å². The predicted molar refractivity (Wildman–Crippen MR) is 140 cm³/mol. The fraction of sp³-hybridized carbons (Fsp3) is 0.320. The minimum Gasteiger partial charge on any atom is -0.439 e. The zero-order valence-corrected chi connectivity index (χ0v) is 22.2. The first-order valence-corrected chi connectivity index (χ1v) is 13.5. The van der Waals surface area contributed by atoms with E-state index in [9.17, 15) is 8.42 Å². The number of ether oxygens (including phenoxy) is 1. The number of anilines is 1. The number of hydrogen-bond acceptors (Lipinski definition) is 6. The number of rotatable bonds is 7. The fourth-order valence-electron chi connectivity index (χ4n) is 4.03. The fourth-order valence-corrected chi connectivity index (χ4v) is 5.64. The molecular formula is C25H28Cl2N4O3S. The minimum atomic E-state index is -3.82. The summed E-state index contributed by atoms with van der Waals surface area (Å²) < 4.78 is 34.7. The maximum Gasteiger partial charge on any atom is 0.241 e. The van der Waals surface area contributed by atoms with Gasteiger partial charge in [-0.1, -0.05) is 29.3 Å². The second-order valence-electron chi connectivity index (χ2n) is 8.64. The molecule has 0 saturated carbocycles. The summed E-state index contributed by atoms with van der Waals surface area (Å²) in [5.74, 6) is 1.11. The summed E-state index contributed by atoms with van der Waals surface area (Å²) in [5, 5.41) is 0.471. The third-order valence-electron chi connectivity index (χ3n) is 6.10. The van der Waals surface area contributed by atoms with Crippen LogP contribution in [0, 0.1) is 6.92 Å². The van der Waals surface area contributed by atoms with E-state index in [1.165, 1.54) is 18.2 Å². The van der Waals surface area contributed by atoms with Crippen LogP contribution in [0.2, 0.25) is 10.0 Å². The van der Waals surface area contributed by atoms with E-state index in [4.69, 9.17) is 27.9 Å². The lowest BCUT2D eigenvalue weighted by Crippen LogP contribution is -2.44. The van der Waals surface area contributed by atoms with Gasteiger partial charge in [-0.3, -0.25) is 0 Å². The van der Waals surface area contributed by atoms with Crippen molar-refractivity contribution in [2.75, 3.05) is 38.1 Å². The van der Waals surface area contributed by atoms with Gasteiger partial charge < -0.3 is 14.5 Å². The quantitative estimate of drug-likeness (QED) is 0.444. The van der Waals surface area contributed by atoms with Crippen molar-refractivity contribution in [3.05, 3.63) is 75.9 Å². The Kier molecular flexibility index (Phi) is 7.88. The van der Waals surface area contributed by atoms with Gasteiger partial charge in [0.1, 0.15) is 5.75 Å². The molecule has 1 aliphatic heterocycles. The number of nitrogens with one attached hydrogen (secondary N) is 1. The molecule has 3 aromatic rings. The van der Waals surface area contributed by atoms with Gasteiger partial charge in [-0.05, 0) is 62.9 Å². The second-order valence-corrected chi connectivity index (χ2v) is 11.2. The Hall–Kier alpha value is -2.36. The third-order valence-corrected chi connectivity index (χ3v) is 8.38. The molecule has 4 rings (SSSR count). The van der Waals surface area contributed by atoms with Crippen molar-refractivity contribution in [3.63, 3.8) is 0 Å². The zero-order valence-electron chi connectivity index (χ0n) is 19.8. The molecule has 1 aromatic heterocycles. The van der Waals surface area contributed by atoms with Gasteiger partial charge in [0.05, 0.1) is 14.9 Å². The molecule has 0 spiro atoms. The molecule has 1 unspecified atom stereocenters. The average molecular weight is 535 g/mol. The number of hydrogen-bond donors (Lipinski definition) is 1. The van der Waals surface area contributed by atoms with Crippen LogP contribution in [0.25, 0.3) is 0 Å². The summed E-state index contributed by atoms with van der Waals surface area (Å²) in [7, 11) is -1.69. The van der Waals surface area contributed by atoms with Crippen LogP contribution < -0.4 is 14.4 Å². The van der Waals surface area contributed by atoms with Gasteiger partial charge in [0.15, 0.2) is 0 Å². The number of likely N-dealkylation sites (N-methyl/N-ethyl adjacent to an activating group) is 1. The standard InChI is InChI=1S/C25H28Cl2N4O3S/c1-17-22(18(2)29-35(32,33)21-7-8-23(26)24(27)16-21)9-10-28-25(17)34-20-6-4-5-19(15-20)31-13-11-30(3)12-14-31/h4-10,15-16,18,29H,11-14H2,1-3H3. The second kappa shape index (κ2) is 10.7. The van der Waals surface area contributed by atoms with Crippen molar-refractivity contribution in [2.45, 2.75) is 24.8 Å². The Labute approximate surface area is 216 Å². The monoisotopic (exact) mass is 534 g/mol. The maximum atomic E-state index is 12.9. The van der Waals surface area contributed by atoms with Crippen LogP contribution in [0.3, 0.4) is 0 Å². The van der Waals surface area contributed by atoms with Gasteiger partial charge in [-0.2, -0.15) is 0 Å². The lowest BCUT2D eigenvalue weighted by atomic mass is 10.1. The first-order chi connectivity index (χ1) is 16.6. The molecular weight excluding hydrogens is 507 g/mol. The van der Waals surface area contributed by atoms with Gasteiger partial charge in [0, 0.05) is 55.7 Å². The number of sulfonamides is 1. The van der Waals surface area contributed by atoms with E-state index < -0.39 is 16.1 Å². The number of benzene rings is 2. The molecule has 0 aliphatic carbocycles. The summed E-state index contributed by atoms with van der Waals surface area (Å²) in [5.41, 5.74) is 2.61. The van der Waals surface area contributed by atoms with Crippen molar-refractivity contribution < 1.29 is 13.2 Å². The Morgan fingerprint density at radius 2 is 1.77 bits per heavy atom. The van der Waals surface area contributed by atoms with Gasteiger partial charge in [-0.25, -0.2) is 18.1 Å². The molecule has 1 atom stereocenters. The number of halogens is 2. The van der Waals surface area contributed by atoms with Crippen LogP contribution in [0.1, 0.15) is 24.1 Å². The van der Waals surface area contributed by atoms with E-state index in [2.05, 4.69) is 32.6 Å². The molecule has 186 valence electrons. The molecule has 1 aliphatic rings. The van der Waals surface area contributed by atoms with Crippen LogP contribution >= 0.6 is 23.2 Å². The van der Waals surface area contributed by atoms with Crippen molar-refractivity contribution in [3.8, 4) is 11.6 Å². The molecule has 2 heterocycles. The van der Waals surface area contributed by atoms with E-state index in [0.717, 1.165) is 43.0 Å². The number of aromatic nitrogens is 1. The van der Waals surface area contributed by atoms with Gasteiger partial charge >= 0.3 is 0 Å². The van der Waals surface area contributed by atoms with Crippen LogP contribution in [-0.2, 0) is 10.0 Å². The molecule has 10 heteroatoms. The van der Waals surface area contributed by atoms with E-state index >= 15 is 0 Å². The number of pyridine rings is 1. The lowest BCUT2D eigenvalue weighted by molar-refractivity contribution is 0.312. The highest BCUT2D eigenvalue weighted by Gasteiger charge is 2.22. The molecule has 1 N–H and O–H groups in total. The van der Waals surface area contributed by atoms with Gasteiger partial charge in [0.2, 0.25) is 15.9 Å². The first-order valence-electron chi connectivity index (χ1n) is 11.3. The minimum absolute atomic E-state index is 0.0441. The van der Waals surface area contributed by atoms with E-state index in [0.29, 0.717) is 16.7 Å². The summed E-state index contributed by atoms with van der Waals surface area (Å²) in [6.07, 6.45) is 1.62. The highest BCUT2D eigenvalue weighted by molar-refractivity contribution is 7.89. The summed E-state index contributed by atoms with van der Waals surface area (Å²) in [6, 6.07) is 13.4. The van der Waals surface area contributed by atoms with Crippen LogP contribution in [0.5, 0.6) is 11.6 Å². The number of piperazine rings is 1. The van der Waals surface area contributed by atoms with Crippen molar-refractivity contribution in [2.24, 2.45) is 0 Å². The van der Waals surface area contributed by atoms with Crippen LogP contribution in [-0.4, -0.2) is 51.5 Å². The maximum absolute atomic E-state index is 12.9. The molecule has 2 aromatic carbocycles. The zero-order chi connectivity index (χ0) is 25.2. The largest absolute Gasteiger partial charge is 0.439 e. The van der Waals surface area contributed by atoms with E-state index in [-0.39, 0.29) is 9.92 Å². The Bertz CT molecular complexity index is 1310. The van der Waals surface area contributed by atoms with Crippen LogP contribution in [0.4, 0.5) is 5.69 Å². The first kappa shape index (κ1) is 25.7. The third kappa shape index (κ3) is 6.08. The van der Waals surface area contributed by atoms with Gasteiger partial charge in [-0.15, -0.1) is 0 Å². The summed E-state index contributed by atoms with van der Waals surface area (Å²) >= 11 is 11.9. The van der Waals surface area contributed by atoms with Crippen molar-refractivity contribution in [1.29, 1.82) is 0 Å². The Morgan fingerprint density at radius 3 is 2.49 bits per heavy atom. The SMILES string of the molecule is Cc1c(C(C)NS(=O)(=O)c2ccc(Cl)c(Cl)c2)ccnc1Oc1cccc(N2CCN(C)CC2)c1. The predicted octanol–water partition coefficient (Wildman–Crippen LogP) is 5.28. The lowest BCUT2D eigenvalue weighted by Gasteiger charge is -2.34. The molecule has 1 saturated heterocycles. The van der Waals surface area contributed by atoms with E-state index in [1.807, 2.05) is 25.1 Å². The molecule has 35 heavy (non-hydrogen) atoms.